The van der Waals surface area contributed by atoms with Gasteiger partial charge >= 0.3 is 0 Å². The van der Waals surface area contributed by atoms with E-state index in [1.807, 2.05) is 56.3 Å². The minimum absolute atomic E-state index is 0.0593. The third kappa shape index (κ3) is 7.64. The van der Waals surface area contributed by atoms with Crippen LogP contribution in [0.15, 0.2) is 53.0 Å². The summed E-state index contributed by atoms with van der Waals surface area (Å²) in [5, 5.41) is 3.57. The van der Waals surface area contributed by atoms with E-state index in [-0.39, 0.29) is 17.9 Å². The predicted octanol–water partition coefficient (Wildman–Crippen LogP) is 5.67. The molecule has 0 radical (unpaired) electrons. The monoisotopic (exact) mass is 510 g/mol. The Morgan fingerprint density at radius 3 is 2.43 bits per heavy atom. The molecule has 2 atom stereocenters. The number of benzene rings is 2. The molecule has 2 aromatic rings. The zero-order valence-corrected chi connectivity index (χ0v) is 20.7. The maximum Gasteiger partial charge on any atom is 0.242 e. The Bertz CT molecular complexity index is 847. The van der Waals surface area contributed by atoms with Gasteiger partial charge in [0.1, 0.15) is 6.04 Å². The maximum atomic E-state index is 13.1. The van der Waals surface area contributed by atoms with Crippen molar-refractivity contribution in [1.82, 2.24) is 10.2 Å². The Kier molecular flexibility index (Phi) is 10.2. The van der Waals surface area contributed by atoms with Crippen LogP contribution in [0.1, 0.15) is 38.3 Å². The Balaban J connectivity index is 2.08. The highest BCUT2D eigenvalue weighted by Crippen LogP contribution is 2.21. The summed E-state index contributed by atoms with van der Waals surface area (Å²) in [6, 6.07) is 14.9. The summed E-state index contributed by atoms with van der Waals surface area (Å²) < 4.78 is 1.03. The second kappa shape index (κ2) is 12.4. The second-order valence-electron chi connectivity index (χ2n) is 7.23. The Morgan fingerprint density at radius 2 is 1.80 bits per heavy atom. The van der Waals surface area contributed by atoms with Crippen molar-refractivity contribution in [2.75, 3.05) is 5.75 Å². The van der Waals surface area contributed by atoms with Crippen LogP contribution in [-0.4, -0.2) is 34.6 Å². The number of hydrogen-bond donors (Lipinski definition) is 1. The van der Waals surface area contributed by atoms with E-state index in [0.29, 0.717) is 17.3 Å². The molecule has 0 saturated carbocycles. The van der Waals surface area contributed by atoms with Crippen LogP contribution in [0.2, 0.25) is 5.02 Å². The molecule has 0 fully saturated rings. The number of nitrogens with zero attached hydrogens (tertiary/aromatic N) is 1. The van der Waals surface area contributed by atoms with Gasteiger partial charge in [-0.2, -0.15) is 0 Å². The molecule has 2 amide bonds. The van der Waals surface area contributed by atoms with Crippen molar-refractivity contribution < 1.29 is 9.59 Å². The van der Waals surface area contributed by atoms with Gasteiger partial charge in [0, 0.05) is 27.8 Å². The van der Waals surface area contributed by atoms with Gasteiger partial charge in [0.2, 0.25) is 11.8 Å². The molecular formula is C23H28BrClN2O2S. The Hall–Kier alpha value is -1.50. The molecule has 0 saturated heterocycles. The fourth-order valence-electron chi connectivity index (χ4n) is 2.78. The molecule has 30 heavy (non-hydrogen) atoms. The summed E-state index contributed by atoms with van der Waals surface area (Å²) >= 11 is 11.3. The molecule has 0 aliphatic heterocycles. The normalized spacial score (nSPS) is 12.8. The molecule has 2 rings (SSSR count). The molecule has 0 spiro atoms. The highest BCUT2D eigenvalue weighted by Gasteiger charge is 2.27. The lowest BCUT2D eigenvalue weighted by molar-refractivity contribution is -0.138. The van der Waals surface area contributed by atoms with Crippen LogP contribution in [-0.2, 0) is 21.9 Å². The average molecular weight is 512 g/mol. The number of rotatable bonds is 10. The number of nitrogens with one attached hydrogen (secondary N) is 1. The smallest absolute Gasteiger partial charge is 0.242 e. The SMILES string of the molecule is CCC(C)NC(=O)C(C)N(Cc1ccccc1Cl)C(=O)CSCc1ccc(Br)cc1. The molecule has 1 N–H and O–H groups in total. The lowest BCUT2D eigenvalue weighted by atomic mass is 10.1. The van der Waals surface area contributed by atoms with Crippen LogP contribution in [0.25, 0.3) is 0 Å². The zero-order chi connectivity index (χ0) is 22.1. The van der Waals surface area contributed by atoms with Gasteiger partial charge in [-0.3, -0.25) is 9.59 Å². The van der Waals surface area contributed by atoms with Crippen molar-refractivity contribution in [3.8, 4) is 0 Å². The lowest BCUT2D eigenvalue weighted by Gasteiger charge is -2.30. The van der Waals surface area contributed by atoms with Crippen molar-refractivity contribution in [3.05, 3.63) is 69.2 Å². The van der Waals surface area contributed by atoms with Gasteiger partial charge in [-0.1, -0.05) is 64.8 Å². The number of thioether (sulfide) groups is 1. The van der Waals surface area contributed by atoms with E-state index in [1.54, 1.807) is 17.9 Å². The number of amides is 2. The van der Waals surface area contributed by atoms with Crippen molar-refractivity contribution >= 4 is 51.1 Å². The topological polar surface area (TPSA) is 49.4 Å². The third-order valence-electron chi connectivity index (χ3n) is 4.87. The minimum atomic E-state index is -0.587. The fourth-order valence-corrected chi connectivity index (χ4v) is 4.11. The molecule has 2 unspecified atom stereocenters. The van der Waals surface area contributed by atoms with E-state index in [1.165, 1.54) is 11.8 Å². The first-order valence-electron chi connectivity index (χ1n) is 9.97. The van der Waals surface area contributed by atoms with E-state index in [0.717, 1.165) is 27.8 Å². The van der Waals surface area contributed by atoms with Gasteiger partial charge in [-0.15, -0.1) is 11.8 Å². The predicted molar refractivity (Wildman–Crippen MR) is 130 cm³/mol. The van der Waals surface area contributed by atoms with Crippen LogP contribution >= 0.6 is 39.3 Å². The largest absolute Gasteiger partial charge is 0.352 e. The summed E-state index contributed by atoms with van der Waals surface area (Å²) in [6.45, 7) is 6.04. The molecule has 162 valence electrons. The molecule has 0 aliphatic carbocycles. The average Bonchev–Trinajstić information content (AvgIpc) is 2.73. The van der Waals surface area contributed by atoms with Crippen LogP contribution in [0.3, 0.4) is 0 Å². The fraction of sp³-hybridized carbons (Fsp3) is 0.391. The molecule has 4 nitrogen and oxygen atoms in total. The summed E-state index contributed by atoms with van der Waals surface area (Å²) in [4.78, 5) is 27.4. The first-order chi connectivity index (χ1) is 14.3. The van der Waals surface area contributed by atoms with Crippen molar-refractivity contribution in [1.29, 1.82) is 0 Å². The lowest BCUT2D eigenvalue weighted by Crippen LogP contribution is -2.50. The summed E-state index contributed by atoms with van der Waals surface area (Å²) in [5.41, 5.74) is 1.98. The van der Waals surface area contributed by atoms with Crippen LogP contribution in [0, 0.1) is 0 Å². The summed E-state index contributed by atoms with van der Waals surface area (Å²) in [5.74, 6) is 0.792. The number of carbonyl (C=O) groups is 2. The van der Waals surface area contributed by atoms with E-state index >= 15 is 0 Å². The minimum Gasteiger partial charge on any atom is -0.352 e. The van der Waals surface area contributed by atoms with Gasteiger partial charge in [0.15, 0.2) is 0 Å². The van der Waals surface area contributed by atoms with Crippen LogP contribution in [0.5, 0.6) is 0 Å². The maximum absolute atomic E-state index is 13.1. The Labute approximate surface area is 196 Å². The Morgan fingerprint density at radius 1 is 1.13 bits per heavy atom. The number of carbonyl (C=O) groups excluding carboxylic acids is 2. The van der Waals surface area contributed by atoms with E-state index in [4.69, 9.17) is 11.6 Å². The molecule has 0 heterocycles. The van der Waals surface area contributed by atoms with Crippen molar-refractivity contribution in [2.45, 2.75) is 51.6 Å². The summed E-state index contributed by atoms with van der Waals surface area (Å²) in [7, 11) is 0. The van der Waals surface area contributed by atoms with E-state index in [2.05, 4.69) is 21.2 Å². The third-order valence-corrected chi connectivity index (χ3v) is 6.76. The molecule has 0 bridgehead atoms. The first-order valence-corrected chi connectivity index (χ1v) is 12.3. The highest BCUT2D eigenvalue weighted by molar-refractivity contribution is 9.10. The molecular weight excluding hydrogens is 484 g/mol. The summed E-state index contributed by atoms with van der Waals surface area (Å²) in [6.07, 6.45) is 0.833. The molecule has 7 heteroatoms. The number of hydrogen-bond acceptors (Lipinski definition) is 3. The van der Waals surface area contributed by atoms with E-state index in [9.17, 15) is 9.59 Å². The first kappa shape index (κ1) is 24.8. The second-order valence-corrected chi connectivity index (χ2v) is 9.53. The van der Waals surface area contributed by atoms with Crippen molar-refractivity contribution in [3.63, 3.8) is 0 Å². The zero-order valence-electron chi connectivity index (χ0n) is 17.5. The van der Waals surface area contributed by atoms with Crippen LogP contribution in [0.4, 0.5) is 0 Å². The van der Waals surface area contributed by atoms with E-state index < -0.39 is 6.04 Å². The van der Waals surface area contributed by atoms with Gasteiger partial charge in [-0.25, -0.2) is 0 Å². The standard InChI is InChI=1S/C23H28BrClN2O2S/c1-4-16(2)26-23(29)17(3)27(13-19-7-5-6-8-21(19)25)22(28)15-30-14-18-9-11-20(24)12-10-18/h5-12,16-17H,4,13-15H2,1-3H3,(H,26,29). The van der Waals surface area contributed by atoms with Gasteiger partial charge < -0.3 is 10.2 Å². The number of halogens is 2. The van der Waals surface area contributed by atoms with Crippen LogP contribution < -0.4 is 5.32 Å². The quantitative estimate of drug-likeness (QED) is 0.447. The van der Waals surface area contributed by atoms with Gasteiger partial charge in [-0.05, 0) is 49.6 Å². The molecule has 0 aliphatic rings. The van der Waals surface area contributed by atoms with Gasteiger partial charge in [0.25, 0.3) is 0 Å². The highest BCUT2D eigenvalue weighted by atomic mass is 79.9. The molecule has 0 aromatic heterocycles. The van der Waals surface area contributed by atoms with Crippen molar-refractivity contribution in [2.24, 2.45) is 0 Å². The van der Waals surface area contributed by atoms with Gasteiger partial charge in [0.05, 0.1) is 5.75 Å². The molecule has 2 aromatic carbocycles.